The Kier molecular flexibility index (Phi) is 10.9. The van der Waals surface area contributed by atoms with Crippen LogP contribution < -0.4 is 16.2 Å². The number of hydrogen-bond acceptors (Lipinski definition) is 6. The summed E-state index contributed by atoms with van der Waals surface area (Å²) < 4.78 is 60.8. The highest BCUT2D eigenvalue weighted by Gasteiger charge is 2.34. The lowest BCUT2D eigenvalue weighted by Crippen LogP contribution is -2.11. The van der Waals surface area contributed by atoms with Crippen molar-refractivity contribution in [2.24, 2.45) is 11.5 Å². The standard InChI is InChI=1S/C26H20F4N2O4.2CH5N/c1-14-3-6-17(7-4-14)24(35)23-15(2)32(25-18(23)8-10-21(31-25)26(28,29)30)12-16-5-9-19(27)20(11-16)36-13-22(33)34;2*1-2/h3-11H,12-13H2,1-2H3,(H,33,34);2*2H2,1H3. The lowest BCUT2D eigenvalue weighted by atomic mass is 10.00. The number of benzene rings is 2. The first-order valence-electron chi connectivity index (χ1n) is 11.9. The number of carboxylic acids is 1. The van der Waals surface area contributed by atoms with Crippen LogP contribution in [0.15, 0.2) is 54.6 Å². The Balaban J connectivity index is 0.00000134. The number of aliphatic carboxylic acids is 1. The predicted octanol–water partition coefficient (Wildman–Crippen LogP) is 4.70. The maximum atomic E-state index is 14.1. The number of ether oxygens (including phenoxy) is 1. The number of nitrogens with two attached hydrogens (primary N) is 2. The second-order valence-corrected chi connectivity index (χ2v) is 8.25. The van der Waals surface area contributed by atoms with Gasteiger partial charge in [-0.25, -0.2) is 14.2 Å². The number of carbonyl (C=O) groups is 2. The summed E-state index contributed by atoms with van der Waals surface area (Å²) in [6.45, 7) is 2.63. The molecule has 4 rings (SSSR count). The van der Waals surface area contributed by atoms with E-state index in [0.717, 1.165) is 17.7 Å². The van der Waals surface area contributed by atoms with Crippen LogP contribution in [0.3, 0.4) is 0 Å². The van der Waals surface area contributed by atoms with E-state index in [2.05, 4.69) is 16.5 Å². The molecule has 0 spiro atoms. The van der Waals surface area contributed by atoms with E-state index in [1.165, 1.54) is 36.9 Å². The Labute approximate surface area is 228 Å². The largest absolute Gasteiger partial charge is 0.479 e. The molecular weight excluding hydrogens is 532 g/mol. The van der Waals surface area contributed by atoms with Gasteiger partial charge in [-0.05, 0) is 57.8 Å². The third kappa shape index (κ3) is 7.21. The number of carboxylic acid groups (broad SMARTS) is 1. The topological polar surface area (TPSA) is 133 Å². The zero-order valence-corrected chi connectivity index (χ0v) is 22.3. The van der Waals surface area contributed by atoms with Gasteiger partial charge in [0.1, 0.15) is 11.3 Å². The van der Waals surface area contributed by atoms with Gasteiger partial charge in [-0.3, -0.25) is 4.79 Å². The first-order valence-corrected chi connectivity index (χ1v) is 11.9. The fraction of sp³-hybridized carbons (Fsp3) is 0.250. The molecule has 0 atom stereocenters. The number of aryl methyl sites for hydroxylation is 1. The molecule has 40 heavy (non-hydrogen) atoms. The minimum Gasteiger partial charge on any atom is -0.479 e. The summed E-state index contributed by atoms with van der Waals surface area (Å²) >= 11 is 0. The highest BCUT2D eigenvalue weighted by atomic mass is 19.4. The van der Waals surface area contributed by atoms with Gasteiger partial charge in [0.2, 0.25) is 0 Å². The number of rotatable bonds is 7. The molecule has 2 aromatic heterocycles. The molecule has 0 radical (unpaired) electrons. The smallest absolute Gasteiger partial charge is 0.433 e. The highest BCUT2D eigenvalue weighted by Crippen LogP contribution is 2.33. The molecule has 0 saturated carbocycles. The van der Waals surface area contributed by atoms with Crippen molar-refractivity contribution in [1.82, 2.24) is 9.55 Å². The van der Waals surface area contributed by atoms with Crippen molar-refractivity contribution in [3.05, 3.63) is 94.1 Å². The average molecular weight is 563 g/mol. The lowest BCUT2D eigenvalue weighted by Gasteiger charge is -2.12. The summed E-state index contributed by atoms with van der Waals surface area (Å²) in [5, 5.41) is 9.04. The van der Waals surface area contributed by atoms with Crippen molar-refractivity contribution >= 4 is 22.8 Å². The molecule has 214 valence electrons. The summed E-state index contributed by atoms with van der Waals surface area (Å²) in [6.07, 6.45) is -4.70. The van der Waals surface area contributed by atoms with E-state index in [1.807, 2.05) is 6.92 Å². The summed E-state index contributed by atoms with van der Waals surface area (Å²) in [7, 11) is 3.00. The summed E-state index contributed by atoms with van der Waals surface area (Å²) in [5.41, 5.74) is 10.1. The third-order valence-electron chi connectivity index (χ3n) is 5.69. The van der Waals surface area contributed by atoms with Crippen molar-refractivity contribution in [1.29, 1.82) is 0 Å². The second kappa shape index (κ2) is 13.7. The molecule has 2 heterocycles. The van der Waals surface area contributed by atoms with Gasteiger partial charge in [0, 0.05) is 23.2 Å². The molecule has 0 aliphatic carbocycles. The van der Waals surface area contributed by atoms with Gasteiger partial charge in [0.25, 0.3) is 0 Å². The Hall–Kier alpha value is -4.29. The van der Waals surface area contributed by atoms with Crippen LogP contribution in [0.5, 0.6) is 5.75 Å². The fourth-order valence-corrected chi connectivity index (χ4v) is 3.90. The maximum absolute atomic E-state index is 14.1. The molecule has 8 nitrogen and oxygen atoms in total. The third-order valence-corrected chi connectivity index (χ3v) is 5.69. The fourth-order valence-electron chi connectivity index (χ4n) is 3.90. The van der Waals surface area contributed by atoms with Gasteiger partial charge in [-0.2, -0.15) is 13.2 Å². The van der Waals surface area contributed by atoms with Crippen LogP contribution in [0.2, 0.25) is 0 Å². The van der Waals surface area contributed by atoms with Crippen molar-refractivity contribution in [2.75, 3.05) is 20.7 Å². The number of pyridine rings is 1. The number of halogens is 4. The van der Waals surface area contributed by atoms with Gasteiger partial charge < -0.3 is 25.9 Å². The van der Waals surface area contributed by atoms with E-state index < -0.39 is 30.3 Å². The molecule has 0 fully saturated rings. The Morgan fingerprint density at radius 2 is 1.60 bits per heavy atom. The van der Waals surface area contributed by atoms with Crippen molar-refractivity contribution in [3.8, 4) is 5.75 Å². The normalized spacial score (nSPS) is 10.8. The predicted molar refractivity (Wildman–Crippen MR) is 143 cm³/mol. The number of alkyl halides is 3. The van der Waals surface area contributed by atoms with Crippen molar-refractivity contribution in [2.45, 2.75) is 26.6 Å². The van der Waals surface area contributed by atoms with E-state index in [0.29, 0.717) is 16.8 Å². The maximum Gasteiger partial charge on any atom is 0.433 e. The van der Waals surface area contributed by atoms with Crippen LogP contribution in [0, 0.1) is 19.7 Å². The zero-order valence-electron chi connectivity index (χ0n) is 22.3. The molecule has 0 aliphatic rings. The molecule has 0 bridgehead atoms. The van der Waals surface area contributed by atoms with Gasteiger partial charge in [-0.1, -0.05) is 35.9 Å². The Bertz CT molecular complexity index is 1480. The van der Waals surface area contributed by atoms with E-state index in [-0.39, 0.29) is 34.7 Å². The molecule has 12 heteroatoms. The Morgan fingerprint density at radius 1 is 0.975 bits per heavy atom. The monoisotopic (exact) mass is 562 g/mol. The van der Waals surface area contributed by atoms with Gasteiger partial charge >= 0.3 is 12.1 Å². The molecule has 0 amide bonds. The highest BCUT2D eigenvalue weighted by molar-refractivity contribution is 6.17. The van der Waals surface area contributed by atoms with Crippen LogP contribution in [0.25, 0.3) is 11.0 Å². The second-order valence-electron chi connectivity index (χ2n) is 8.25. The summed E-state index contributed by atoms with van der Waals surface area (Å²) in [5.74, 6) is -2.77. The number of hydrogen-bond donors (Lipinski definition) is 3. The van der Waals surface area contributed by atoms with E-state index >= 15 is 0 Å². The average Bonchev–Trinajstić information content (AvgIpc) is 3.20. The van der Waals surface area contributed by atoms with Crippen molar-refractivity contribution in [3.63, 3.8) is 0 Å². The molecule has 2 aromatic carbocycles. The van der Waals surface area contributed by atoms with Crippen LogP contribution in [-0.4, -0.2) is 47.1 Å². The Morgan fingerprint density at radius 3 is 2.17 bits per heavy atom. The molecule has 0 saturated heterocycles. The minimum atomic E-state index is -4.70. The van der Waals surface area contributed by atoms with Crippen LogP contribution in [-0.2, 0) is 17.5 Å². The zero-order chi connectivity index (χ0) is 30.2. The molecule has 5 N–H and O–H groups in total. The van der Waals surface area contributed by atoms with Crippen LogP contribution in [0.1, 0.15) is 38.4 Å². The minimum absolute atomic E-state index is 0.0601. The van der Waals surface area contributed by atoms with Crippen LogP contribution >= 0.6 is 0 Å². The summed E-state index contributed by atoms with van der Waals surface area (Å²) in [6, 6.07) is 12.6. The number of carbonyl (C=O) groups excluding carboxylic acids is 1. The first kappa shape index (κ1) is 31.9. The van der Waals surface area contributed by atoms with Crippen LogP contribution in [0.4, 0.5) is 17.6 Å². The van der Waals surface area contributed by atoms with E-state index in [9.17, 15) is 27.2 Å². The number of ketones is 1. The number of nitrogens with zero attached hydrogens (tertiary/aromatic N) is 2. The lowest BCUT2D eigenvalue weighted by molar-refractivity contribution is -0.141. The van der Waals surface area contributed by atoms with Gasteiger partial charge in [-0.15, -0.1) is 0 Å². The van der Waals surface area contributed by atoms with Gasteiger partial charge in [0.05, 0.1) is 5.56 Å². The van der Waals surface area contributed by atoms with E-state index in [4.69, 9.17) is 9.84 Å². The summed E-state index contributed by atoms with van der Waals surface area (Å²) in [4.78, 5) is 28.0. The van der Waals surface area contributed by atoms with E-state index in [1.54, 1.807) is 31.2 Å². The van der Waals surface area contributed by atoms with Gasteiger partial charge in [0.15, 0.2) is 24.0 Å². The molecular formula is C28H30F4N4O4. The molecule has 0 aliphatic heterocycles. The molecule has 0 unspecified atom stereocenters. The SMILES string of the molecule is CN.CN.Cc1ccc(C(=O)c2c(C)n(Cc3ccc(F)c(OCC(=O)O)c3)c3nc(C(F)(F)F)ccc23)cc1. The van der Waals surface area contributed by atoms with Crippen molar-refractivity contribution < 1.29 is 37.0 Å². The molecule has 4 aromatic rings. The number of fused-ring (bicyclic) bond motifs is 1. The first-order chi connectivity index (χ1) is 19.0. The number of aromatic nitrogens is 2. The quantitative estimate of drug-likeness (QED) is 0.220.